The average Bonchev–Trinajstić information content (AvgIpc) is 3.28. The lowest BCUT2D eigenvalue weighted by atomic mass is 9.71. The van der Waals surface area contributed by atoms with Crippen LogP contribution < -0.4 is 5.32 Å². The van der Waals surface area contributed by atoms with Gasteiger partial charge in [-0.1, -0.05) is 0 Å². The fraction of sp³-hybridized carbons (Fsp3) is 0.875. The van der Waals surface area contributed by atoms with E-state index in [4.69, 9.17) is 9.47 Å². The first-order valence-electron chi connectivity index (χ1n) is 8.27. The van der Waals surface area contributed by atoms with E-state index >= 15 is 0 Å². The predicted molar refractivity (Wildman–Crippen MR) is 80.2 cm³/mol. The summed E-state index contributed by atoms with van der Waals surface area (Å²) in [6.45, 7) is 3.40. The van der Waals surface area contributed by atoms with Gasteiger partial charge in [-0.15, -0.1) is 0 Å². The molecule has 0 aromatic heterocycles. The molecule has 3 fully saturated rings. The van der Waals surface area contributed by atoms with E-state index in [0.29, 0.717) is 32.2 Å². The molecule has 2 amide bonds. The number of methoxy groups -OCH3 is 1. The van der Waals surface area contributed by atoms with Gasteiger partial charge in [-0.3, -0.25) is 9.59 Å². The Kier molecular flexibility index (Phi) is 4.68. The summed E-state index contributed by atoms with van der Waals surface area (Å²) in [5.74, 6) is 0.644. The maximum atomic E-state index is 12.7. The van der Waals surface area contributed by atoms with Gasteiger partial charge in [-0.2, -0.15) is 0 Å². The summed E-state index contributed by atoms with van der Waals surface area (Å²) in [4.78, 5) is 26.6. The van der Waals surface area contributed by atoms with Crippen molar-refractivity contribution in [2.45, 2.75) is 25.7 Å². The van der Waals surface area contributed by atoms with E-state index in [2.05, 4.69) is 5.32 Å². The summed E-state index contributed by atoms with van der Waals surface area (Å²) in [6.07, 6.45) is 4.15. The van der Waals surface area contributed by atoms with Gasteiger partial charge in [0.1, 0.15) is 6.61 Å². The smallest absolute Gasteiger partial charge is 0.248 e. The molecule has 1 atom stereocenters. The Balaban J connectivity index is 1.68. The Bertz CT molecular complexity index is 430. The third-order valence-electron chi connectivity index (χ3n) is 5.34. The van der Waals surface area contributed by atoms with Crippen molar-refractivity contribution in [1.29, 1.82) is 0 Å². The molecule has 2 heterocycles. The molecule has 3 aliphatic rings. The minimum absolute atomic E-state index is 0.0224. The molecule has 1 spiro atoms. The van der Waals surface area contributed by atoms with Crippen molar-refractivity contribution < 1.29 is 19.1 Å². The lowest BCUT2D eigenvalue weighted by Gasteiger charge is -2.37. The molecule has 22 heavy (non-hydrogen) atoms. The number of likely N-dealkylation sites (tertiary alicyclic amines) is 1. The Morgan fingerprint density at radius 1 is 1.32 bits per heavy atom. The molecule has 1 N–H and O–H groups in total. The van der Waals surface area contributed by atoms with Gasteiger partial charge in [0.15, 0.2) is 0 Å². The molecule has 3 rings (SSSR count). The Labute approximate surface area is 131 Å². The molecule has 0 unspecified atom stereocenters. The molecule has 0 aromatic carbocycles. The molecular weight excluding hydrogens is 284 g/mol. The highest BCUT2D eigenvalue weighted by molar-refractivity contribution is 5.83. The van der Waals surface area contributed by atoms with Gasteiger partial charge in [0.2, 0.25) is 11.8 Å². The zero-order chi connectivity index (χ0) is 15.6. The standard InChI is InChI=1S/C16H26N2O4/c1-21-10-14(19)18-9-13(15(20)17-8-12-2-3-12)16(11-18)4-6-22-7-5-16/h12-13H,2-11H2,1H3,(H,17,20)/t13-/m1/s1. The number of amides is 2. The predicted octanol–water partition coefficient (Wildman–Crippen LogP) is 0.414. The van der Waals surface area contributed by atoms with Crippen LogP contribution in [0.5, 0.6) is 0 Å². The molecule has 6 heteroatoms. The zero-order valence-electron chi connectivity index (χ0n) is 13.3. The third kappa shape index (κ3) is 3.27. The fourth-order valence-electron chi connectivity index (χ4n) is 3.71. The Morgan fingerprint density at radius 2 is 2.05 bits per heavy atom. The van der Waals surface area contributed by atoms with Crippen molar-refractivity contribution in [3.8, 4) is 0 Å². The van der Waals surface area contributed by atoms with Crippen LogP contribution in [0.3, 0.4) is 0 Å². The Morgan fingerprint density at radius 3 is 2.68 bits per heavy atom. The van der Waals surface area contributed by atoms with Gasteiger partial charge < -0.3 is 19.7 Å². The summed E-state index contributed by atoms with van der Waals surface area (Å²) in [6, 6.07) is 0. The molecule has 2 saturated heterocycles. The van der Waals surface area contributed by atoms with E-state index in [1.807, 2.05) is 0 Å². The number of hydrogen-bond donors (Lipinski definition) is 1. The minimum atomic E-state index is -0.116. The van der Waals surface area contributed by atoms with E-state index in [0.717, 1.165) is 19.4 Å². The van der Waals surface area contributed by atoms with E-state index in [1.54, 1.807) is 4.90 Å². The van der Waals surface area contributed by atoms with Gasteiger partial charge in [0.05, 0.1) is 5.92 Å². The van der Waals surface area contributed by atoms with Crippen LogP contribution >= 0.6 is 0 Å². The van der Waals surface area contributed by atoms with Crippen LogP contribution in [0, 0.1) is 17.3 Å². The number of ether oxygens (including phenoxy) is 2. The average molecular weight is 310 g/mol. The number of rotatable bonds is 5. The topological polar surface area (TPSA) is 67.9 Å². The molecule has 0 aromatic rings. The maximum absolute atomic E-state index is 12.7. The van der Waals surface area contributed by atoms with E-state index < -0.39 is 0 Å². The van der Waals surface area contributed by atoms with Gasteiger partial charge in [-0.05, 0) is 31.6 Å². The molecular formula is C16H26N2O4. The first-order valence-corrected chi connectivity index (χ1v) is 8.27. The number of carbonyl (C=O) groups is 2. The molecule has 0 bridgehead atoms. The Hall–Kier alpha value is -1.14. The van der Waals surface area contributed by atoms with Gasteiger partial charge >= 0.3 is 0 Å². The van der Waals surface area contributed by atoms with Gasteiger partial charge in [0, 0.05) is 45.4 Å². The first-order chi connectivity index (χ1) is 10.6. The van der Waals surface area contributed by atoms with Crippen LogP contribution in [0.15, 0.2) is 0 Å². The number of nitrogens with zero attached hydrogens (tertiary/aromatic N) is 1. The summed E-state index contributed by atoms with van der Waals surface area (Å²) >= 11 is 0. The quantitative estimate of drug-likeness (QED) is 0.799. The summed E-state index contributed by atoms with van der Waals surface area (Å²) in [5, 5.41) is 3.10. The van der Waals surface area contributed by atoms with Crippen molar-refractivity contribution >= 4 is 11.8 Å². The van der Waals surface area contributed by atoms with Crippen LogP contribution in [-0.4, -0.2) is 63.3 Å². The minimum Gasteiger partial charge on any atom is -0.381 e. The highest BCUT2D eigenvalue weighted by Gasteiger charge is 2.51. The molecule has 0 radical (unpaired) electrons. The van der Waals surface area contributed by atoms with Crippen molar-refractivity contribution in [3.63, 3.8) is 0 Å². The normalized spacial score (nSPS) is 27.1. The zero-order valence-corrected chi connectivity index (χ0v) is 13.3. The summed E-state index contributed by atoms with van der Waals surface area (Å²) in [5.41, 5.74) is -0.116. The lowest BCUT2D eigenvalue weighted by Crippen LogP contribution is -2.44. The van der Waals surface area contributed by atoms with Crippen molar-refractivity contribution in [2.75, 3.05) is 46.6 Å². The molecule has 2 aliphatic heterocycles. The van der Waals surface area contributed by atoms with E-state index in [1.165, 1.54) is 20.0 Å². The fourth-order valence-corrected chi connectivity index (χ4v) is 3.71. The van der Waals surface area contributed by atoms with E-state index in [9.17, 15) is 9.59 Å². The van der Waals surface area contributed by atoms with Gasteiger partial charge in [-0.25, -0.2) is 0 Å². The van der Waals surface area contributed by atoms with Crippen molar-refractivity contribution in [3.05, 3.63) is 0 Å². The van der Waals surface area contributed by atoms with Crippen LogP contribution in [0.25, 0.3) is 0 Å². The number of hydrogen-bond acceptors (Lipinski definition) is 4. The van der Waals surface area contributed by atoms with Gasteiger partial charge in [0.25, 0.3) is 0 Å². The van der Waals surface area contributed by atoms with Crippen LogP contribution in [-0.2, 0) is 19.1 Å². The molecule has 1 aliphatic carbocycles. The first kappa shape index (κ1) is 15.7. The summed E-state index contributed by atoms with van der Waals surface area (Å²) in [7, 11) is 1.53. The number of carbonyl (C=O) groups excluding carboxylic acids is 2. The second-order valence-corrected chi connectivity index (χ2v) is 6.92. The molecule has 124 valence electrons. The van der Waals surface area contributed by atoms with Crippen molar-refractivity contribution in [2.24, 2.45) is 17.3 Å². The highest BCUT2D eigenvalue weighted by atomic mass is 16.5. The van der Waals surface area contributed by atoms with Crippen LogP contribution in [0.1, 0.15) is 25.7 Å². The second kappa shape index (κ2) is 6.54. The molecule has 1 saturated carbocycles. The molecule has 6 nitrogen and oxygen atoms in total. The van der Waals surface area contributed by atoms with Crippen LogP contribution in [0.2, 0.25) is 0 Å². The maximum Gasteiger partial charge on any atom is 0.248 e. The largest absolute Gasteiger partial charge is 0.381 e. The third-order valence-corrected chi connectivity index (χ3v) is 5.34. The van der Waals surface area contributed by atoms with Crippen molar-refractivity contribution in [1.82, 2.24) is 10.2 Å². The highest BCUT2D eigenvalue weighted by Crippen LogP contribution is 2.44. The SMILES string of the molecule is COCC(=O)N1C[C@H](C(=O)NCC2CC2)C2(CCOCC2)C1. The van der Waals surface area contributed by atoms with E-state index in [-0.39, 0.29) is 29.8 Å². The monoisotopic (exact) mass is 310 g/mol. The lowest BCUT2D eigenvalue weighted by molar-refractivity contribution is -0.134. The second-order valence-electron chi connectivity index (χ2n) is 6.92. The summed E-state index contributed by atoms with van der Waals surface area (Å²) < 4.78 is 10.4. The van der Waals surface area contributed by atoms with Crippen LogP contribution in [0.4, 0.5) is 0 Å². The number of nitrogens with one attached hydrogen (secondary N) is 1.